The van der Waals surface area contributed by atoms with Crippen LogP contribution >= 0.6 is 0 Å². The first kappa shape index (κ1) is 32.4. The van der Waals surface area contributed by atoms with Crippen molar-refractivity contribution in [1.82, 2.24) is 0 Å². The van der Waals surface area contributed by atoms with Crippen LogP contribution in [0.2, 0.25) is 0 Å². The molecule has 0 amide bonds. The van der Waals surface area contributed by atoms with Crippen molar-refractivity contribution >= 4 is 0 Å². The van der Waals surface area contributed by atoms with E-state index in [0.717, 1.165) is 0 Å². The van der Waals surface area contributed by atoms with Crippen molar-refractivity contribution < 1.29 is 16.9 Å². The Morgan fingerprint density at radius 1 is 0.333 bits per heavy atom. The summed E-state index contributed by atoms with van der Waals surface area (Å²) in [5, 5.41) is 0. The van der Waals surface area contributed by atoms with Crippen molar-refractivity contribution in [3.05, 3.63) is 0 Å². The Kier molecular flexibility index (Phi) is 27.6. The van der Waals surface area contributed by atoms with Crippen molar-refractivity contribution in [2.75, 3.05) is 27.2 Å². The number of hydrogen-bond donors (Lipinski definition) is 0. The maximum Gasteiger partial charge on any atom is 0.0782 e. The summed E-state index contributed by atoms with van der Waals surface area (Å²) in [4.78, 5) is 0. The molecule has 0 N–H and O–H groups in total. The van der Waals surface area contributed by atoms with Crippen molar-refractivity contribution in [1.29, 1.82) is 0 Å². The highest BCUT2D eigenvalue weighted by Gasteiger charge is 2.13. The van der Waals surface area contributed by atoms with Crippen LogP contribution < -0.4 is 12.4 Å². The highest BCUT2D eigenvalue weighted by atomic mass is 35.5. The molecule has 0 fully saturated rings. The molecule has 0 spiro atoms. The molecule has 2 heteroatoms. The van der Waals surface area contributed by atoms with Crippen molar-refractivity contribution in [3.63, 3.8) is 0 Å². The quantitative estimate of drug-likeness (QED) is 0.115. The molecule has 0 unspecified atom stereocenters. The van der Waals surface area contributed by atoms with Gasteiger partial charge in [0, 0.05) is 0 Å². The average Bonchev–Trinajstić information content (AvgIpc) is 2.70. The van der Waals surface area contributed by atoms with Crippen LogP contribution in [0.15, 0.2) is 0 Å². The van der Waals surface area contributed by atoms with E-state index in [4.69, 9.17) is 0 Å². The fourth-order valence-electron chi connectivity index (χ4n) is 4.52. The van der Waals surface area contributed by atoms with E-state index in [1.54, 1.807) is 0 Å². The first-order valence-corrected chi connectivity index (χ1v) is 13.9. The predicted octanol–water partition coefficient (Wildman–Crippen LogP) is 6.69. The van der Waals surface area contributed by atoms with E-state index in [9.17, 15) is 0 Å². The van der Waals surface area contributed by atoms with Gasteiger partial charge in [-0.1, -0.05) is 129 Å². The maximum atomic E-state index is 2.45. The summed E-state index contributed by atoms with van der Waals surface area (Å²) in [6, 6.07) is 0. The SMILES string of the molecule is CCCCCCCCCCCCCC[N+](C)(C)CCCCCCCCCCCC.[Cl-]. The van der Waals surface area contributed by atoms with Gasteiger partial charge in [0.2, 0.25) is 0 Å². The van der Waals surface area contributed by atoms with Crippen molar-refractivity contribution in [2.24, 2.45) is 0 Å². The van der Waals surface area contributed by atoms with Gasteiger partial charge in [0.25, 0.3) is 0 Å². The van der Waals surface area contributed by atoms with Gasteiger partial charge in [-0.3, -0.25) is 0 Å². The molecule has 0 saturated carbocycles. The van der Waals surface area contributed by atoms with E-state index in [0.29, 0.717) is 0 Å². The third-order valence-electron chi connectivity index (χ3n) is 6.73. The van der Waals surface area contributed by atoms with Crippen LogP contribution in [0.3, 0.4) is 0 Å². The zero-order chi connectivity index (χ0) is 21.5. The third-order valence-corrected chi connectivity index (χ3v) is 6.73. The summed E-state index contributed by atoms with van der Waals surface area (Å²) in [6.07, 6.45) is 32.0. The van der Waals surface area contributed by atoms with E-state index in [-0.39, 0.29) is 12.4 Å². The fraction of sp³-hybridized carbons (Fsp3) is 1.00. The summed E-state index contributed by atoms with van der Waals surface area (Å²) < 4.78 is 1.24. The van der Waals surface area contributed by atoms with Crippen LogP contribution in [0.5, 0.6) is 0 Å². The second-order valence-electron chi connectivity index (χ2n) is 10.5. The van der Waals surface area contributed by atoms with E-state index in [1.165, 1.54) is 159 Å². The van der Waals surface area contributed by atoms with Crippen LogP contribution in [0.4, 0.5) is 0 Å². The monoisotopic (exact) mass is 445 g/mol. The first-order chi connectivity index (χ1) is 14.1. The topological polar surface area (TPSA) is 0 Å². The smallest absolute Gasteiger partial charge is 0.0782 e. The molecule has 184 valence electrons. The standard InChI is InChI=1S/C28H60N.ClH/c1-5-7-9-11-13-15-17-18-20-22-24-26-28-29(3,4)27-25-23-21-19-16-14-12-10-8-6-2;/h5-28H2,1-4H3;1H/q+1;/p-1. The molecular weight excluding hydrogens is 386 g/mol. The molecule has 0 radical (unpaired) electrons. The van der Waals surface area contributed by atoms with Gasteiger partial charge in [-0.25, -0.2) is 0 Å². The summed E-state index contributed by atoms with van der Waals surface area (Å²) in [6.45, 7) is 7.37. The molecule has 30 heavy (non-hydrogen) atoms. The third kappa shape index (κ3) is 26.3. The molecular formula is C28H60ClN. The average molecular weight is 446 g/mol. The molecule has 0 saturated heterocycles. The minimum absolute atomic E-state index is 0. The lowest BCUT2D eigenvalue weighted by Gasteiger charge is -2.30. The second kappa shape index (κ2) is 25.5. The molecule has 0 aliphatic heterocycles. The largest absolute Gasteiger partial charge is 1.00 e. The van der Waals surface area contributed by atoms with Gasteiger partial charge in [0.1, 0.15) is 0 Å². The zero-order valence-corrected chi connectivity index (χ0v) is 22.6. The number of halogens is 1. The van der Waals surface area contributed by atoms with Crippen LogP contribution in [-0.4, -0.2) is 31.7 Å². The van der Waals surface area contributed by atoms with Gasteiger partial charge in [-0.15, -0.1) is 0 Å². The van der Waals surface area contributed by atoms with Gasteiger partial charge < -0.3 is 16.9 Å². The van der Waals surface area contributed by atoms with Crippen LogP contribution in [0.25, 0.3) is 0 Å². The Labute approximate surface area is 199 Å². The molecule has 0 aliphatic carbocycles. The van der Waals surface area contributed by atoms with Gasteiger partial charge in [-0.2, -0.15) is 0 Å². The minimum atomic E-state index is 0. The first-order valence-electron chi connectivity index (χ1n) is 13.9. The maximum absolute atomic E-state index is 2.45. The Bertz CT molecular complexity index is 303. The molecule has 0 aromatic rings. The lowest BCUT2D eigenvalue weighted by Crippen LogP contribution is -3.00. The Morgan fingerprint density at radius 2 is 0.533 bits per heavy atom. The molecule has 0 atom stereocenters. The van der Waals surface area contributed by atoms with E-state index in [1.807, 2.05) is 0 Å². The number of quaternary nitrogens is 1. The molecule has 0 aliphatic rings. The molecule has 0 rings (SSSR count). The number of rotatable bonds is 24. The summed E-state index contributed by atoms with van der Waals surface area (Å²) >= 11 is 0. The minimum Gasteiger partial charge on any atom is -1.00 e. The van der Waals surface area contributed by atoms with E-state index < -0.39 is 0 Å². The van der Waals surface area contributed by atoms with E-state index >= 15 is 0 Å². The van der Waals surface area contributed by atoms with Crippen molar-refractivity contribution in [3.8, 4) is 0 Å². The Morgan fingerprint density at radius 3 is 0.767 bits per heavy atom. The van der Waals surface area contributed by atoms with Gasteiger partial charge in [0.15, 0.2) is 0 Å². The summed E-state index contributed by atoms with van der Waals surface area (Å²) in [5.74, 6) is 0. The number of nitrogens with zero attached hydrogens (tertiary/aromatic N) is 1. The van der Waals surface area contributed by atoms with Gasteiger partial charge in [-0.05, 0) is 25.7 Å². The van der Waals surface area contributed by atoms with Crippen molar-refractivity contribution in [2.45, 2.75) is 155 Å². The Balaban J connectivity index is 0. The molecule has 0 aromatic heterocycles. The van der Waals surface area contributed by atoms with Gasteiger partial charge in [0.05, 0.1) is 27.2 Å². The fourth-order valence-corrected chi connectivity index (χ4v) is 4.52. The highest BCUT2D eigenvalue weighted by Crippen LogP contribution is 2.14. The molecule has 0 bridgehead atoms. The highest BCUT2D eigenvalue weighted by molar-refractivity contribution is 4.50. The van der Waals surface area contributed by atoms with Crippen LogP contribution in [0, 0.1) is 0 Å². The summed E-state index contributed by atoms with van der Waals surface area (Å²) in [5.41, 5.74) is 0. The molecule has 0 heterocycles. The van der Waals surface area contributed by atoms with Gasteiger partial charge >= 0.3 is 0 Å². The number of hydrogen-bond acceptors (Lipinski definition) is 0. The zero-order valence-electron chi connectivity index (χ0n) is 21.8. The second-order valence-corrected chi connectivity index (χ2v) is 10.5. The lowest BCUT2D eigenvalue weighted by atomic mass is 10.0. The van der Waals surface area contributed by atoms with E-state index in [2.05, 4.69) is 27.9 Å². The normalized spacial score (nSPS) is 11.6. The van der Waals surface area contributed by atoms with Crippen LogP contribution in [-0.2, 0) is 0 Å². The summed E-state index contributed by atoms with van der Waals surface area (Å²) in [7, 11) is 4.90. The Hall–Kier alpha value is 0.250. The number of unbranched alkanes of at least 4 members (excludes halogenated alkanes) is 20. The van der Waals surface area contributed by atoms with Crippen LogP contribution in [0.1, 0.15) is 155 Å². The lowest BCUT2D eigenvalue weighted by molar-refractivity contribution is -0.890. The molecule has 0 aromatic carbocycles. The predicted molar refractivity (Wildman–Crippen MR) is 135 cm³/mol. The molecule has 1 nitrogen and oxygen atoms in total.